The number of hydrogen-bond acceptors (Lipinski definition) is 2. The number of nitrogens with one attached hydrogen (secondary N) is 1. The van der Waals surface area contributed by atoms with Gasteiger partial charge < -0.3 is 9.88 Å². The van der Waals surface area contributed by atoms with Crippen molar-refractivity contribution >= 4 is 5.91 Å². The van der Waals surface area contributed by atoms with Crippen molar-refractivity contribution in [3.63, 3.8) is 0 Å². The summed E-state index contributed by atoms with van der Waals surface area (Å²) in [6, 6.07) is 15.5. The Hall–Kier alpha value is -2.88. The van der Waals surface area contributed by atoms with Gasteiger partial charge in [-0.2, -0.15) is 0 Å². The molecule has 1 unspecified atom stereocenters. The molecule has 0 saturated carbocycles. The Kier molecular flexibility index (Phi) is 4.24. The molecule has 1 N–H and O–H groups in total. The van der Waals surface area contributed by atoms with Crippen LogP contribution in [0.15, 0.2) is 67.3 Å². The van der Waals surface area contributed by atoms with E-state index >= 15 is 0 Å². The second kappa shape index (κ2) is 6.48. The predicted molar refractivity (Wildman–Crippen MR) is 90.6 cm³/mol. The molecule has 2 aromatic carbocycles. The molecule has 0 saturated heterocycles. The third-order valence-corrected chi connectivity index (χ3v) is 3.93. The highest BCUT2D eigenvalue weighted by atomic mass is 16.1. The van der Waals surface area contributed by atoms with Crippen molar-refractivity contribution in [2.75, 3.05) is 0 Å². The number of amides is 1. The minimum Gasteiger partial charge on any atom is -0.346 e. The lowest BCUT2D eigenvalue weighted by molar-refractivity contribution is 0.0940. The molecule has 0 aliphatic rings. The van der Waals surface area contributed by atoms with Crippen LogP contribution in [0.4, 0.5) is 0 Å². The normalized spacial score (nSPS) is 11.9. The van der Waals surface area contributed by atoms with Crippen LogP contribution in [0.3, 0.4) is 0 Å². The molecule has 4 heteroatoms. The Balaban J connectivity index is 1.72. The molecule has 4 nitrogen and oxygen atoms in total. The zero-order valence-electron chi connectivity index (χ0n) is 13.2. The average Bonchev–Trinajstić information content (AvgIpc) is 3.09. The van der Waals surface area contributed by atoms with Crippen molar-refractivity contribution in [3.05, 3.63) is 83.9 Å². The van der Waals surface area contributed by atoms with E-state index in [1.54, 1.807) is 12.5 Å². The van der Waals surface area contributed by atoms with Gasteiger partial charge in [-0.15, -0.1) is 0 Å². The van der Waals surface area contributed by atoms with E-state index in [0.717, 1.165) is 11.3 Å². The molecule has 1 amide bonds. The van der Waals surface area contributed by atoms with Crippen LogP contribution in [0.5, 0.6) is 0 Å². The third-order valence-electron chi connectivity index (χ3n) is 3.93. The molecule has 0 spiro atoms. The number of benzene rings is 2. The van der Waals surface area contributed by atoms with Gasteiger partial charge >= 0.3 is 0 Å². The Bertz CT molecular complexity index is 792. The number of nitrogens with zero attached hydrogens (tertiary/aromatic N) is 2. The lowest BCUT2D eigenvalue weighted by Gasteiger charge is -2.16. The van der Waals surface area contributed by atoms with Crippen molar-refractivity contribution in [2.45, 2.75) is 19.9 Å². The fraction of sp³-hybridized carbons (Fsp3) is 0.158. The minimum absolute atomic E-state index is 0.0305. The lowest BCUT2D eigenvalue weighted by atomic mass is 10.0. The highest BCUT2D eigenvalue weighted by Crippen LogP contribution is 2.17. The topological polar surface area (TPSA) is 46.9 Å². The summed E-state index contributed by atoms with van der Waals surface area (Å²) in [6.45, 7) is 4.05. The fourth-order valence-electron chi connectivity index (χ4n) is 2.63. The Labute approximate surface area is 135 Å². The van der Waals surface area contributed by atoms with E-state index < -0.39 is 0 Å². The molecule has 1 atom stereocenters. The van der Waals surface area contributed by atoms with E-state index in [1.165, 1.54) is 5.56 Å². The molecule has 116 valence electrons. The first-order valence-corrected chi connectivity index (χ1v) is 7.60. The van der Waals surface area contributed by atoms with Gasteiger partial charge in [0, 0.05) is 23.6 Å². The van der Waals surface area contributed by atoms with Crippen LogP contribution in [0.25, 0.3) is 5.69 Å². The number of rotatable bonds is 4. The summed E-state index contributed by atoms with van der Waals surface area (Å²) < 4.78 is 1.90. The summed E-state index contributed by atoms with van der Waals surface area (Å²) >= 11 is 0. The van der Waals surface area contributed by atoms with E-state index in [0.29, 0.717) is 5.56 Å². The SMILES string of the molecule is Cc1ccccc1C(C)NC(=O)c1ccc(-n2ccnc2)cc1. The van der Waals surface area contributed by atoms with Crippen LogP contribution < -0.4 is 5.32 Å². The molecule has 3 aromatic rings. The number of hydrogen-bond donors (Lipinski definition) is 1. The molecule has 0 fully saturated rings. The molecule has 0 bridgehead atoms. The summed E-state index contributed by atoms with van der Waals surface area (Å²) in [5.74, 6) is -0.0714. The molecule has 1 aromatic heterocycles. The molecule has 0 aliphatic heterocycles. The second-order valence-corrected chi connectivity index (χ2v) is 5.57. The lowest BCUT2D eigenvalue weighted by Crippen LogP contribution is -2.27. The Morgan fingerprint density at radius 3 is 2.52 bits per heavy atom. The fourth-order valence-corrected chi connectivity index (χ4v) is 2.63. The maximum Gasteiger partial charge on any atom is 0.251 e. The van der Waals surface area contributed by atoms with Crippen molar-refractivity contribution < 1.29 is 4.79 Å². The molecule has 1 heterocycles. The van der Waals surface area contributed by atoms with Gasteiger partial charge in [-0.1, -0.05) is 24.3 Å². The number of aromatic nitrogens is 2. The molecular weight excluding hydrogens is 286 g/mol. The van der Waals surface area contributed by atoms with Gasteiger partial charge in [-0.3, -0.25) is 4.79 Å². The first-order valence-electron chi connectivity index (χ1n) is 7.60. The molecule has 0 aliphatic carbocycles. The first kappa shape index (κ1) is 15.0. The van der Waals surface area contributed by atoms with Crippen LogP contribution in [-0.2, 0) is 0 Å². The van der Waals surface area contributed by atoms with Crippen LogP contribution in [0.2, 0.25) is 0 Å². The van der Waals surface area contributed by atoms with Crippen molar-refractivity contribution in [1.29, 1.82) is 0 Å². The number of aryl methyl sites for hydroxylation is 1. The average molecular weight is 305 g/mol. The predicted octanol–water partition coefficient (Wildman–Crippen LogP) is 3.67. The van der Waals surface area contributed by atoms with Crippen molar-refractivity contribution in [1.82, 2.24) is 14.9 Å². The minimum atomic E-state index is -0.0714. The standard InChI is InChI=1S/C19H19N3O/c1-14-5-3-4-6-18(14)15(2)21-19(23)16-7-9-17(10-8-16)22-12-11-20-13-22/h3-13,15H,1-2H3,(H,21,23). The molecule has 3 rings (SSSR count). The number of imidazole rings is 1. The Morgan fingerprint density at radius 2 is 1.87 bits per heavy atom. The van der Waals surface area contributed by atoms with Crippen molar-refractivity contribution in [2.24, 2.45) is 0 Å². The summed E-state index contributed by atoms with van der Waals surface area (Å²) in [5, 5.41) is 3.05. The van der Waals surface area contributed by atoms with Crippen LogP contribution >= 0.6 is 0 Å². The van der Waals surface area contributed by atoms with Gasteiger partial charge in [0.15, 0.2) is 0 Å². The maximum atomic E-state index is 12.4. The van der Waals surface area contributed by atoms with Crippen molar-refractivity contribution in [3.8, 4) is 5.69 Å². The van der Waals surface area contributed by atoms with E-state index in [4.69, 9.17) is 0 Å². The molecule has 23 heavy (non-hydrogen) atoms. The number of carbonyl (C=O) groups excluding carboxylic acids is 1. The maximum absolute atomic E-state index is 12.4. The summed E-state index contributed by atoms with van der Waals surface area (Å²) in [7, 11) is 0. The summed E-state index contributed by atoms with van der Waals surface area (Å²) in [4.78, 5) is 16.4. The van der Waals surface area contributed by atoms with E-state index in [1.807, 2.05) is 60.2 Å². The smallest absolute Gasteiger partial charge is 0.251 e. The van der Waals surface area contributed by atoms with Gasteiger partial charge in [0.2, 0.25) is 0 Å². The Morgan fingerprint density at radius 1 is 1.13 bits per heavy atom. The van der Waals surface area contributed by atoms with Crippen LogP contribution in [-0.4, -0.2) is 15.5 Å². The second-order valence-electron chi connectivity index (χ2n) is 5.57. The summed E-state index contributed by atoms with van der Waals surface area (Å²) in [6.07, 6.45) is 5.33. The van der Waals surface area contributed by atoms with Gasteiger partial charge in [0.1, 0.15) is 0 Å². The highest BCUT2D eigenvalue weighted by molar-refractivity contribution is 5.94. The van der Waals surface area contributed by atoms with E-state index in [2.05, 4.69) is 23.3 Å². The van der Waals surface area contributed by atoms with E-state index in [-0.39, 0.29) is 11.9 Å². The third kappa shape index (κ3) is 3.31. The van der Waals surface area contributed by atoms with Gasteiger partial charge in [-0.25, -0.2) is 4.98 Å². The zero-order chi connectivity index (χ0) is 16.2. The van der Waals surface area contributed by atoms with E-state index in [9.17, 15) is 4.79 Å². The number of carbonyl (C=O) groups is 1. The van der Waals surface area contributed by atoms with Crippen LogP contribution in [0, 0.1) is 6.92 Å². The summed E-state index contributed by atoms with van der Waals surface area (Å²) in [5.41, 5.74) is 3.94. The van der Waals surface area contributed by atoms with Gasteiger partial charge in [0.25, 0.3) is 5.91 Å². The molecule has 0 radical (unpaired) electrons. The van der Waals surface area contributed by atoms with Gasteiger partial charge in [-0.05, 0) is 49.2 Å². The first-order chi connectivity index (χ1) is 11.1. The van der Waals surface area contributed by atoms with Gasteiger partial charge in [0.05, 0.1) is 12.4 Å². The zero-order valence-corrected chi connectivity index (χ0v) is 13.2. The monoisotopic (exact) mass is 305 g/mol. The van der Waals surface area contributed by atoms with Crippen LogP contribution in [0.1, 0.15) is 34.5 Å². The largest absolute Gasteiger partial charge is 0.346 e. The quantitative estimate of drug-likeness (QED) is 0.799. The highest BCUT2D eigenvalue weighted by Gasteiger charge is 2.12. The molecular formula is C19H19N3O.